The number of ether oxygens (including phenoxy) is 1. The number of aryl methyl sites for hydroxylation is 1. The van der Waals surface area contributed by atoms with Crippen molar-refractivity contribution >= 4 is 11.6 Å². The molecule has 4 heteroatoms. The Balaban J connectivity index is 1.90. The van der Waals surface area contributed by atoms with Gasteiger partial charge in [-0.25, -0.2) is 0 Å². The van der Waals surface area contributed by atoms with E-state index in [0.717, 1.165) is 31.9 Å². The molecule has 0 saturated carbocycles. The molecule has 1 saturated heterocycles. The van der Waals surface area contributed by atoms with Crippen LogP contribution in [0, 0.1) is 6.92 Å². The lowest BCUT2D eigenvalue weighted by Crippen LogP contribution is -2.51. The zero-order valence-corrected chi connectivity index (χ0v) is 11.8. The molecule has 0 bridgehead atoms. The third-order valence-electron chi connectivity index (χ3n) is 3.40. The second kappa shape index (κ2) is 6.68. The second-order valence-electron chi connectivity index (χ2n) is 4.85. The van der Waals surface area contributed by atoms with Gasteiger partial charge < -0.3 is 9.64 Å². The maximum Gasteiger partial charge on any atom is 0.241 e. The van der Waals surface area contributed by atoms with Crippen molar-refractivity contribution in [3.8, 4) is 0 Å². The molecule has 2 rings (SSSR count). The largest absolute Gasteiger partial charge is 0.380 e. The molecule has 0 unspecified atom stereocenters. The van der Waals surface area contributed by atoms with Gasteiger partial charge in [0.25, 0.3) is 0 Å². The summed E-state index contributed by atoms with van der Waals surface area (Å²) in [5, 5.41) is 0. The fourth-order valence-electron chi connectivity index (χ4n) is 2.25. The van der Waals surface area contributed by atoms with Crippen LogP contribution < -0.4 is 4.90 Å². The maximum absolute atomic E-state index is 12.2. The van der Waals surface area contributed by atoms with Gasteiger partial charge in [-0.15, -0.1) is 0 Å². The summed E-state index contributed by atoms with van der Waals surface area (Å²) in [6.45, 7) is 8.46. The van der Waals surface area contributed by atoms with Crippen LogP contribution in [0.25, 0.3) is 0 Å². The van der Waals surface area contributed by atoms with Crippen LogP contribution in [0.15, 0.2) is 24.3 Å². The van der Waals surface area contributed by atoms with Gasteiger partial charge in [0.2, 0.25) is 5.91 Å². The lowest BCUT2D eigenvalue weighted by atomic mass is 10.2. The Morgan fingerprint density at radius 1 is 1.21 bits per heavy atom. The molecular weight excluding hydrogens is 240 g/mol. The third kappa shape index (κ3) is 3.78. The molecule has 0 radical (unpaired) electrons. The van der Waals surface area contributed by atoms with E-state index < -0.39 is 0 Å². The molecule has 0 atom stereocenters. The number of piperazine rings is 1. The first-order valence-electron chi connectivity index (χ1n) is 6.88. The van der Waals surface area contributed by atoms with E-state index in [1.165, 1.54) is 5.56 Å². The van der Waals surface area contributed by atoms with Crippen molar-refractivity contribution in [2.75, 3.05) is 44.3 Å². The van der Waals surface area contributed by atoms with Gasteiger partial charge in [-0.05, 0) is 26.0 Å². The molecule has 0 N–H and O–H groups in total. The summed E-state index contributed by atoms with van der Waals surface area (Å²) in [6.07, 6.45) is 0. The lowest BCUT2D eigenvalue weighted by molar-refractivity contribution is -0.121. The molecule has 1 aliphatic rings. The molecule has 1 aliphatic heterocycles. The molecule has 1 aromatic rings. The maximum atomic E-state index is 12.2. The van der Waals surface area contributed by atoms with Gasteiger partial charge in [-0.2, -0.15) is 0 Å². The molecule has 1 heterocycles. The Bertz CT molecular complexity index is 417. The predicted octanol–water partition coefficient (Wildman–Crippen LogP) is 1.68. The summed E-state index contributed by atoms with van der Waals surface area (Å²) in [5.74, 6) is 0.173. The van der Waals surface area contributed by atoms with Crippen molar-refractivity contribution < 1.29 is 9.53 Å². The molecule has 0 aliphatic carbocycles. The number of hydrogen-bond acceptors (Lipinski definition) is 3. The minimum absolute atomic E-state index is 0.173. The number of rotatable bonds is 5. The third-order valence-corrected chi connectivity index (χ3v) is 3.40. The van der Waals surface area contributed by atoms with Crippen molar-refractivity contribution in [3.63, 3.8) is 0 Å². The normalized spacial score (nSPS) is 16.9. The predicted molar refractivity (Wildman–Crippen MR) is 76.5 cm³/mol. The Labute approximate surface area is 115 Å². The summed E-state index contributed by atoms with van der Waals surface area (Å²) in [5.41, 5.74) is 2.21. The molecule has 1 aromatic carbocycles. The first-order valence-corrected chi connectivity index (χ1v) is 6.88. The van der Waals surface area contributed by atoms with Crippen LogP contribution >= 0.6 is 0 Å². The highest BCUT2D eigenvalue weighted by Crippen LogP contribution is 2.17. The number of amides is 1. The Morgan fingerprint density at radius 2 is 1.95 bits per heavy atom. The summed E-state index contributed by atoms with van der Waals surface area (Å²) in [7, 11) is 0. The molecule has 19 heavy (non-hydrogen) atoms. The summed E-state index contributed by atoms with van der Waals surface area (Å²) >= 11 is 0. The summed E-state index contributed by atoms with van der Waals surface area (Å²) < 4.78 is 5.33. The van der Waals surface area contributed by atoms with Gasteiger partial charge in [0.15, 0.2) is 0 Å². The Morgan fingerprint density at radius 3 is 2.58 bits per heavy atom. The highest BCUT2D eigenvalue weighted by molar-refractivity contribution is 5.95. The van der Waals surface area contributed by atoms with Crippen LogP contribution in [-0.2, 0) is 9.53 Å². The van der Waals surface area contributed by atoms with Crippen molar-refractivity contribution in [2.24, 2.45) is 0 Å². The monoisotopic (exact) mass is 262 g/mol. The number of hydrogen-bond donors (Lipinski definition) is 0. The Hall–Kier alpha value is -1.39. The first-order chi connectivity index (χ1) is 9.20. The highest BCUT2D eigenvalue weighted by atomic mass is 16.5. The summed E-state index contributed by atoms with van der Waals surface area (Å²) in [4.78, 5) is 16.2. The van der Waals surface area contributed by atoms with Crippen LogP contribution in [0.4, 0.5) is 5.69 Å². The van der Waals surface area contributed by atoms with Gasteiger partial charge in [-0.1, -0.05) is 17.7 Å². The molecule has 1 amide bonds. The van der Waals surface area contributed by atoms with Gasteiger partial charge in [0.05, 0.1) is 13.2 Å². The van der Waals surface area contributed by atoms with E-state index in [4.69, 9.17) is 4.74 Å². The number of carbonyl (C=O) groups is 1. The average Bonchev–Trinajstić information content (AvgIpc) is 2.41. The number of carbonyl (C=O) groups excluding carboxylic acids is 1. The first kappa shape index (κ1) is 14.0. The van der Waals surface area contributed by atoms with Crippen molar-refractivity contribution in [2.45, 2.75) is 13.8 Å². The smallest absolute Gasteiger partial charge is 0.241 e. The van der Waals surface area contributed by atoms with Crippen LogP contribution in [0.1, 0.15) is 12.5 Å². The molecule has 0 aromatic heterocycles. The molecule has 0 spiro atoms. The van der Waals surface area contributed by atoms with Gasteiger partial charge in [0, 0.05) is 31.9 Å². The van der Waals surface area contributed by atoms with E-state index >= 15 is 0 Å². The molecular formula is C15H22N2O2. The van der Waals surface area contributed by atoms with Crippen molar-refractivity contribution in [1.82, 2.24) is 4.90 Å². The minimum atomic E-state index is 0.173. The fourth-order valence-corrected chi connectivity index (χ4v) is 2.25. The van der Waals surface area contributed by atoms with E-state index in [9.17, 15) is 4.79 Å². The topological polar surface area (TPSA) is 32.8 Å². The van der Waals surface area contributed by atoms with E-state index in [1.54, 1.807) is 0 Å². The van der Waals surface area contributed by atoms with Crippen molar-refractivity contribution in [3.05, 3.63) is 29.8 Å². The van der Waals surface area contributed by atoms with Crippen LogP contribution in [-0.4, -0.2) is 50.2 Å². The van der Waals surface area contributed by atoms with E-state index in [2.05, 4.69) is 11.8 Å². The molecule has 4 nitrogen and oxygen atoms in total. The quantitative estimate of drug-likeness (QED) is 0.757. The minimum Gasteiger partial charge on any atom is -0.380 e. The molecule has 104 valence electrons. The zero-order valence-electron chi connectivity index (χ0n) is 11.8. The highest BCUT2D eigenvalue weighted by Gasteiger charge is 2.24. The Kier molecular flexibility index (Phi) is 4.93. The van der Waals surface area contributed by atoms with Crippen LogP contribution in [0.2, 0.25) is 0 Å². The van der Waals surface area contributed by atoms with E-state index in [-0.39, 0.29) is 5.91 Å². The van der Waals surface area contributed by atoms with Gasteiger partial charge >= 0.3 is 0 Å². The molecule has 1 fully saturated rings. The van der Waals surface area contributed by atoms with Crippen LogP contribution in [0.5, 0.6) is 0 Å². The number of nitrogens with zero attached hydrogens (tertiary/aromatic N) is 2. The van der Waals surface area contributed by atoms with Gasteiger partial charge in [0.1, 0.15) is 0 Å². The second-order valence-corrected chi connectivity index (χ2v) is 4.85. The van der Waals surface area contributed by atoms with E-state index in [1.807, 2.05) is 36.1 Å². The lowest BCUT2D eigenvalue weighted by Gasteiger charge is -2.34. The van der Waals surface area contributed by atoms with E-state index in [0.29, 0.717) is 13.2 Å². The average molecular weight is 262 g/mol. The van der Waals surface area contributed by atoms with Crippen LogP contribution in [0.3, 0.4) is 0 Å². The zero-order chi connectivity index (χ0) is 13.7. The summed E-state index contributed by atoms with van der Waals surface area (Å²) in [6, 6.07) is 8.13. The fraction of sp³-hybridized carbons (Fsp3) is 0.533. The van der Waals surface area contributed by atoms with Gasteiger partial charge in [-0.3, -0.25) is 9.69 Å². The van der Waals surface area contributed by atoms with Crippen molar-refractivity contribution in [1.29, 1.82) is 0 Å². The SMILES string of the molecule is CCOCCN1CCN(c2ccc(C)cc2)C(=O)C1. The number of anilines is 1. The standard InChI is InChI=1S/C15H22N2O2/c1-3-19-11-10-16-8-9-17(15(18)12-16)14-6-4-13(2)5-7-14/h4-7H,3,8-12H2,1-2H3. The number of benzene rings is 1.